The van der Waals surface area contributed by atoms with Gasteiger partial charge in [0, 0.05) is 25.0 Å². The highest BCUT2D eigenvalue weighted by molar-refractivity contribution is 5.81. The largest absolute Gasteiger partial charge is 0.372 e. The monoisotopic (exact) mass is 305 g/mol. The quantitative estimate of drug-likeness (QED) is 0.787. The van der Waals surface area contributed by atoms with Crippen LogP contribution in [0.4, 0.5) is 5.69 Å². The summed E-state index contributed by atoms with van der Waals surface area (Å²) >= 11 is 0. The van der Waals surface area contributed by atoms with Crippen molar-refractivity contribution in [2.24, 2.45) is 0 Å². The Hall–Kier alpha value is -2.62. The molecule has 0 spiro atoms. The average Bonchev–Trinajstić information content (AvgIpc) is 2.63. The second-order valence-electron chi connectivity index (χ2n) is 6.04. The van der Waals surface area contributed by atoms with Crippen LogP contribution >= 0.6 is 0 Å². The van der Waals surface area contributed by atoms with Crippen LogP contribution in [0.5, 0.6) is 0 Å². The minimum absolute atomic E-state index is 0.0919. The summed E-state index contributed by atoms with van der Waals surface area (Å²) in [5, 5.41) is 0.626. The van der Waals surface area contributed by atoms with E-state index < -0.39 is 0 Å². The summed E-state index contributed by atoms with van der Waals surface area (Å²) in [7, 11) is 0. The molecule has 3 aromatic rings. The first-order chi connectivity index (χ1) is 11.3. The highest BCUT2D eigenvalue weighted by atomic mass is 16.1. The Morgan fingerprint density at radius 3 is 2.57 bits per heavy atom. The fourth-order valence-corrected chi connectivity index (χ4v) is 3.25. The van der Waals surface area contributed by atoms with Gasteiger partial charge in [-0.2, -0.15) is 0 Å². The minimum atomic E-state index is -0.0919. The Balaban J connectivity index is 1.69. The summed E-state index contributed by atoms with van der Waals surface area (Å²) < 4.78 is 0. The number of benzene rings is 1. The molecule has 1 saturated heterocycles. The first-order valence-electron chi connectivity index (χ1n) is 8.15. The Morgan fingerprint density at radius 1 is 1.00 bits per heavy atom. The number of hydrogen-bond donors (Lipinski definition) is 1. The maximum absolute atomic E-state index is 12.2. The van der Waals surface area contributed by atoms with Gasteiger partial charge < -0.3 is 9.88 Å². The van der Waals surface area contributed by atoms with Crippen LogP contribution in [0.1, 0.15) is 19.3 Å². The summed E-state index contributed by atoms with van der Waals surface area (Å²) in [5.41, 5.74) is 3.72. The van der Waals surface area contributed by atoms with Gasteiger partial charge >= 0.3 is 0 Å². The van der Waals surface area contributed by atoms with E-state index in [0.29, 0.717) is 5.39 Å². The molecule has 23 heavy (non-hydrogen) atoms. The van der Waals surface area contributed by atoms with Gasteiger partial charge in [-0.1, -0.05) is 12.1 Å². The molecule has 1 aromatic carbocycles. The standard InChI is InChI=1S/C19H19N3O/c23-19-16-5-4-10-20-18(16)13-17(21-19)14-6-8-15(9-7-14)22-11-2-1-3-12-22/h4-10,13H,1-3,11-12H2,(H,21,23). The van der Waals surface area contributed by atoms with Gasteiger partial charge in [-0.15, -0.1) is 0 Å². The van der Waals surface area contributed by atoms with Crippen LogP contribution in [-0.2, 0) is 0 Å². The van der Waals surface area contributed by atoms with Gasteiger partial charge in [0.15, 0.2) is 0 Å². The topological polar surface area (TPSA) is 49.0 Å². The van der Waals surface area contributed by atoms with Gasteiger partial charge in [0.25, 0.3) is 5.56 Å². The molecule has 0 unspecified atom stereocenters. The molecule has 0 saturated carbocycles. The zero-order chi connectivity index (χ0) is 15.6. The number of rotatable bonds is 2. The number of nitrogens with zero attached hydrogens (tertiary/aromatic N) is 2. The van der Waals surface area contributed by atoms with Crippen LogP contribution in [0.2, 0.25) is 0 Å². The van der Waals surface area contributed by atoms with Crippen molar-refractivity contribution in [1.82, 2.24) is 9.97 Å². The molecule has 1 N–H and O–H groups in total. The van der Waals surface area contributed by atoms with Gasteiger partial charge in [-0.3, -0.25) is 9.78 Å². The summed E-state index contributed by atoms with van der Waals surface area (Å²) in [6, 6.07) is 13.9. The molecular formula is C19H19N3O. The third-order valence-corrected chi connectivity index (χ3v) is 4.51. The van der Waals surface area contributed by atoms with E-state index in [1.54, 1.807) is 18.3 Å². The zero-order valence-corrected chi connectivity index (χ0v) is 13.0. The lowest BCUT2D eigenvalue weighted by Crippen LogP contribution is -2.29. The van der Waals surface area contributed by atoms with Crippen molar-refractivity contribution in [1.29, 1.82) is 0 Å². The third kappa shape index (κ3) is 2.72. The van der Waals surface area contributed by atoms with Crippen LogP contribution in [0.15, 0.2) is 53.5 Å². The second-order valence-corrected chi connectivity index (χ2v) is 6.04. The van der Waals surface area contributed by atoms with Crippen LogP contribution in [0.25, 0.3) is 22.2 Å². The molecule has 0 atom stereocenters. The number of aromatic amines is 1. The molecule has 3 heterocycles. The minimum Gasteiger partial charge on any atom is -0.372 e. The molecular weight excluding hydrogens is 286 g/mol. The highest BCUT2D eigenvalue weighted by Gasteiger charge is 2.11. The molecule has 1 fully saturated rings. The Bertz CT molecular complexity index is 877. The molecule has 1 aliphatic rings. The Morgan fingerprint density at radius 2 is 1.78 bits per heavy atom. The van der Waals surface area contributed by atoms with E-state index in [0.717, 1.165) is 29.9 Å². The third-order valence-electron chi connectivity index (χ3n) is 4.51. The molecule has 0 amide bonds. The van der Waals surface area contributed by atoms with E-state index in [1.807, 2.05) is 6.07 Å². The first-order valence-corrected chi connectivity index (χ1v) is 8.15. The number of anilines is 1. The van der Waals surface area contributed by atoms with E-state index >= 15 is 0 Å². The summed E-state index contributed by atoms with van der Waals surface area (Å²) in [5.74, 6) is 0. The number of hydrogen-bond acceptors (Lipinski definition) is 3. The summed E-state index contributed by atoms with van der Waals surface area (Å²) in [6.07, 6.45) is 5.59. The van der Waals surface area contributed by atoms with E-state index in [2.05, 4.69) is 39.1 Å². The SMILES string of the molecule is O=c1[nH]c(-c2ccc(N3CCCCC3)cc2)cc2ncccc12. The predicted molar refractivity (Wildman–Crippen MR) is 93.9 cm³/mol. The normalized spacial score (nSPS) is 15.0. The number of aromatic nitrogens is 2. The zero-order valence-electron chi connectivity index (χ0n) is 13.0. The van der Waals surface area contributed by atoms with Gasteiger partial charge in [-0.05, 0) is 55.2 Å². The smallest absolute Gasteiger partial charge is 0.257 e. The van der Waals surface area contributed by atoms with Crippen molar-refractivity contribution in [2.45, 2.75) is 19.3 Å². The molecule has 0 bridgehead atoms. The molecule has 0 aliphatic carbocycles. The van der Waals surface area contributed by atoms with Crippen LogP contribution in [0.3, 0.4) is 0 Å². The van der Waals surface area contributed by atoms with Crippen molar-refractivity contribution >= 4 is 16.6 Å². The summed E-state index contributed by atoms with van der Waals surface area (Å²) in [4.78, 5) is 21.9. The predicted octanol–water partition coefficient (Wildman–Crippen LogP) is 3.58. The maximum atomic E-state index is 12.2. The van der Waals surface area contributed by atoms with E-state index in [4.69, 9.17) is 0 Å². The number of piperidine rings is 1. The van der Waals surface area contributed by atoms with Crippen LogP contribution in [-0.4, -0.2) is 23.1 Å². The van der Waals surface area contributed by atoms with Gasteiger partial charge in [0.05, 0.1) is 16.6 Å². The number of nitrogens with one attached hydrogen (secondary N) is 1. The molecule has 0 radical (unpaired) electrons. The number of pyridine rings is 2. The molecule has 4 rings (SSSR count). The molecule has 2 aromatic heterocycles. The molecule has 116 valence electrons. The van der Waals surface area contributed by atoms with Crippen LogP contribution < -0.4 is 10.5 Å². The van der Waals surface area contributed by atoms with Gasteiger partial charge in [-0.25, -0.2) is 0 Å². The summed E-state index contributed by atoms with van der Waals surface area (Å²) in [6.45, 7) is 2.27. The lowest BCUT2D eigenvalue weighted by Gasteiger charge is -2.28. The Labute approximate surface area is 134 Å². The van der Waals surface area contributed by atoms with Crippen molar-refractivity contribution in [3.8, 4) is 11.3 Å². The van der Waals surface area contributed by atoms with Crippen molar-refractivity contribution < 1.29 is 0 Å². The molecule has 4 heteroatoms. The Kier molecular flexibility index (Phi) is 3.58. The maximum Gasteiger partial charge on any atom is 0.257 e. The fraction of sp³-hybridized carbons (Fsp3) is 0.263. The second kappa shape index (κ2) is 5.88. The lowest BCUT2D eigenvalue weighted by molar-refractivity contribution is 0.578. The van der Waals surface area contributed by atoms with Crippen molar-refractivity contribution in [2.75, 3.05) is 18.0 Å². The highest BCUT2D eigenvalue weighted by Crippen LogP contribution is 2.24. The van der Waals surface area contributed by atoms with E-state index in [1.165, 1.54) is 24.9 Å². The van der Waals surface area contributed by atoms with Crippen LogP contribution in [0, 0.1) is 0 Å². The number of H-pyrrole nitrogens is 1. The van der Waals surface area contributed by atoms with Crippen molar-refractivity contribution in [3.05, 3.63) is 59.0 Å². The van der Waals surface area contributed by atoms with Crippen molar-refractivity contribution in [3.63, 3.8) is 0 Å². The van der Waals surface area contributed by atoms with Gasteiger partial charge in [0.2, 0.25) is 0 Å². The van der Waals surface area contributed by atoms with E-state index in [-0.39, 0.29) is 5.56 Å². The van der Waals surface area contributed by atoms with E-state index in [9.17, 15) is 4.79 Å². The fourth-order valence-electron chi connectivity index (χ4n) is 3.25. The first kappa shape index (κ1) is 14.0. The number of fused-ring (bicyclic) bond motifs is 1. The van der Waals surface area contributed by atoms with Gasteiger partial charge in [0.1, 0.15) is 0 Å². The molecule has 1 aliphatic heterocycles. The average molecular weight is 305 g/mol. The molecule has 4 nitrogen and oxygen atoms in total. The lowest BCUT2D eigenvalue weighted by atomic mass is 10.1.